The number of carbonyl (C=O) groups is 1. The topological polar surface area (TPSA) is 63.1 Å². The lowest BCUT2D eigenvalue weighted by molar-refractivity contribution is -0.703. The first kappa shape index (κ1) is 19.4. The predicted octanol–water partition coefficient (Wildman–Crippen LogP) is -0.699. The summed E-state index contributed by atoms with van der Waals surface area (Å²) in [4.78, 5) is 10.9. The minimum Gasteiger partial charge on any atom is -1.00 e. The molecule has 5 heteroatoms. The van der Waals surface area contributed by atoms with Gasteiger partial charge in [-0.05, 0) is 23.1 Å². The average molecular weight is 362 g/mol. The lowest BCUT2D eigenvalue weighted by atomic mass is 9.95. The Morgan fingerprint density at radius 2 is 1.72 bits per heavy atom. The molecule has 1 saturated heterocycles. The molecule has 4 nitrogen and oxygen atoms in total. The minimum absolute atomic E-state index is 0. The van der Waals surface area contributed by atoms with Gasteiger partial charge in [-0.25, -0.2) is 0 Å². The van der Waals surface area contributed by atoms with Gasteiger partial charge in [-0.15, -0.1) is 0 Å². The number of piperidine rings is 1. The van der Waals surface area contributed by atoms with Gasteiger partial charge in [0.05, 0.1) is 19.8 Å². The quantitative estimate of drug-likeness (QED) is 0.715. The van der Waals surface area contributed by atoms with Crippen molar-refractivity contribution >= 4 is 5.97 Å². The molecular formula is C20H24ClNO3. The molecular weight excluding hydrogens is 338 g/mol. The van der Waals surface area contributed by atoms with E-state index < -0.39 is 5.97 Å². The summed E-state index contributed by atoms with van der Waals surface area (Å²) in [5, 5.41) is 11.1. The zero-order valence-corrected chi connectivity index (χ0v) is 14.9. The number of carboxylic acid groups (broad SMARTS) is 1. The highest BCUT2D eigenvalue weighted by Gasteiger charge is 2.28. The number of nitrogens with two attached hydrogens (primary N) is 1. The number of ether oxygens (including phenoxy) is 1. The summed E-state index contributed by atoms with van der Waals surface area (Å²) in [7, 11) is 0. The molecule has 2 aromatic rings. The zero-order valence-electron chi connectivity index (χ0n) is 14.1. The number of hydrogen-bond donors (Lipinski definition) is 2. The van der Waals surface area contributed by atoms with Crippen LogP contribution in [0.4, 0.5) is 0 Å². The Bertz CT molecular complexity index is 652. The SMILES string of the molecule is O=C(O)[C@@H]1CC[C@@H](COCc2ccc(-c3ccccc3)cc2)[NH2+]C1.[Cl-]. The zero-order chi connectivity index (χ0) is 16.8. The lowest BCUT2D eigenvalue weighted by Crippen LogP contribution is -3.00. The molecule has 0 spiro atoms. The van der Waals surface area contributed by atoms with E-state index in [1.807, 2.05) is 18.2 Å². The van der Waals surface area contributed by atoms with Gasteiger partial charge in [0.1, 0.15) is 12.0 Å². The number of aliphatic carboxylic acids is 1. The van der Waals surface area contributed by atoms with Crippen molar-refractivity contribution in [1.29, 1.82) is 0 Å². The van der Waals surface area contributed by atoms with Crippen molar-refractivity contribution in [2.75, 3.05) is 13.2 Å². The highest BCUT2D eigenvalue weighted by atomic mass is 35.5. The fourth-order valence-corrected chi connectivity index (χ4v) is 3.14. The van der Waals surface area contributed by atoms with Crippen molar-refractivity contribution in [2.24, 2.45) is 5.92 Å². The molecule has 0 aliphatic carbocycles. The molecule has 2 atom stereocenters. The van der Waals surface area contributed by atoms with Crippen LogP contribution in [0.5, 0.6) is 0 Å². The largest absolute Gasteiger partial charge is 1.00 e. The molecule has 1 heterocycles. The molecule has 0 radical (unpaired) electrons. The van der Waals surface area contributed by atoms with E-state index in [1.165, 1.54) is 11.1 Å². The van der Waals surface area contributed by atoms with Crippen LogP contribution in [0.2, 0.25) is 0 Å². The van der Waals surface area contributed by atoms with Gasteiger partial charge in [-0.3, -0.25) is 4.79 Å². The van der Waals surface area contributed by atoms with Crippen LogP contribution in [0.1, 0.15) is 18.4 Å². The third-order valence-electron chi connectivity index (χ3n) is 4.65. The van der Waals surface area contributed by atoms with Crippen LogP contribution in [-0.2, 0) is 16.1 Å². The molecule has 0 unspecified atom stereocenters. The third kappa shape index (κ3) is 5.56. The van der Waals surface area contributed by atoms with Crippen LogP contribution in [0, 0.1) is 5.92 Å². The Morgan fingerprint density at radius 3 is 2.32 bits per heavy atom. The van der Waals surface area contributed by atoms with E-state index in [2.05, 4.69) is 41.7 Å². The lowest BCUT2D eigenvalue weighted by Gasteiger charge is -2.24. The fraction of sp³-hybridized carbons (Fsp3) is 0.350. The second kappa shape index (κ2) is 9.56. The number of halogens is 1. The van der Waals surface area contributed by atoms with Gasteiger partial charge in [0.15, 0.2) is 0 Å². The average Bonchev–Trinajstić information content (AvgIpc) is 2.63. The minimum atomic E-state index is -0.677. The number of carboxylic acids is 1. The molecule has 3 rings (SSSR count). The van der Waals surface area contributed by atoms with E-state index in [1.54, 1.807) is 0 Å². The molecule has 3 N–H and O–H groups in total. The molecule has 25 heavy (non-hydrogen) atoms. The van der Waals surface area contributed by atoms with Crippen LogP contribution in [0.3, 0.4) is 0 Å². The highest BCUT2D eigenvalue weighted by molar-refractivity contribution is 5.70. The van der Waals surface area contributed by atoms with Gasteiger partial charge in [0.25, 0.3) is 0 Å². The maximum absolute atomic E-state index is 10.9. The molecule has 0 bridgehead atoms. The van der Waals surface area contributed by atoms with Gasteiger partial charge in [-0.1, -0.05) is 54.6 Å². The summed E-state index contributed by atoms with van der Waals surface area (Å²) in [5.74, 6) is -0.879. The molecule has 0 aromatic heterocycles. The Labute approximate surface area is 154 Å². The van der Waals surface area contributed by atoms with Gasteiger partial charge in [0.2, 0.25) is 0 Å². The fourth-order valence-electron chi connectivity index (χ4n) is 3.14. The Hall–Kier alpha value is -1.88. The second-order valence-electron chi connectivity index (χ2n) is 6.42. The molecule has 1 aliphatic rings. The van der Waals surface area contributed by atoms with Gasteiger partial charge in [0, 0.05) is 6.42 Å². The van der Waals surface area contributed by atoms with Gasteiger partial charge in [-0.2, -0.15) is 0 Å². The molecule has 0 amide bonds. The van der Waals surface area contributed by atoms with E-state index in [0.717, 1.165) is 18.4 Å². The monoisotopic (exact) mass is 361 g/mol. The first-order chi connectivity index (χ1) is 11.7. The first-order valence-electron chi connectivity index (χ1n) is 8.50. The Morgan fingerprint density at radius 1 is 1.04 bits per heavy atom. The molecule has 134 valence electrons. The van der Waals surface area contributed by atoms with Gasteiger partial charge >= 0.3 is 5.97 Å². The summed E-state index contributed by atoms with van der Waals surface area (Å²) >= 11 is 0. The molecule has 1 fully saturated rings. The van der Waals surface area contributed by atoms with Crippen LogP contribution < -0.4 is 17.7 Å². The maximum atomic E-state index is 10.9. The van der Waals surface area contributed by atoms with E-state index in [9.17, 15) is 4.79 Å². The Kier molecular flexibility index (Phi) is 7.44. The smallest absolute Gasteiger partial charge is 0.312 e. The normalized spacial score (nSPS) is 19.8. The third-order valence-corrected chi connectivity index (χ3v) is 4.65. The second-order valence-corrected chi connectivity index (χ2v) is 6.42. The molecule has 0 saturated carbocycles. The van der Waals surface area contributed by atoms with Crippen molar-refractivity contribution < 1.29 is 32.4 Å². The number of hydrogen-bond acceptors (Lipinski definition) is 2. The van der Waals surface area contributed by atoms with Crippen molar-refractivity contribution in [2.45, 2.75) is 25.5 Å². The van der Waals surface area contributed by atoms with Gasteiger partial charge < -0.3 is 27.6 Å². The van der Waals surface area contributed by atoms with Crippen LogP contribution in [0.15, 0.2) is 54.6 Å². The number of rotatable bonds is 6. The summed E-state index contributed by atoms with van der Waals surface area (Å²) in [6, 6.07) is 19.2. The molecule has 1 aliphatic heterocycles. The van der Waals surface area contributed by atoms with Crippen molar-refractivity contribution in [3.8, 4) is 11.1 Å². The summed E-state index contributed by atoms with van der Waals surface area (Å²) < 4.78 is 5.82. The number of quaternary nitrogens is 1. The van der Waals surface area contributed by atoms with Crippen LogP contribution >= 0.6 is 0 Å². The summed E-state index contributed by atoms with van der Waals surface area (Å²) in [6.07, 6.45) is 1.66. The standard InChI is InChI=1S/C20H23NO3.ClH/c22-20(23)18-10-11-19(21-12-18)14-24-13-15-6-8-17(9-7-15)16-4-2-1-3-5-16;/h1-9,18-19,21H,10-14H2,(H,22,23);1H/t18-,19+;/m1./s1. The van der Waals surface area contributed by atoms with Crippen molar-refractivity contribution in [1.82, 2.24) is 0 Å². The first-order valence-corrected chi connectivity index (χ1v) is 8.50. The van der Waals surface area contributed by atoms with E-state index >= 15 is 0 Å². The molecule has 2 aromatic carbocycles. The number of benzene rings is 2. The van der Waals surface area contributed by atoms with Crippen molar-refractivity contribution in [3.05, 3.63) is 60.2 Å². The maximum Gasteiger partial charge on any atom is 0.312 e. The highest BCUT2D eigenvalue weighted by Crippen LogP contribution is 2.19. The van der Waals surface area contributed by atoms with Crippen LogP contribution in [-0.4, -0.2) is 30.3 Å². The summed E-state index contributed by atoms with van der Waals surface area (Å²) in [5.41, 5.74) is 3.59. The van der Waals surface area contributed by atoms with Crippen molar-refractivity contribution in [3.63, 3.8) is 0 Å². The van der Waals surface area contributed by atoms with E-state index in [0.29, 0.717) is 25.8 Å². The van der Waals surface area contributed by atoms with E-state index in [4.69, 9.17) is 9.84 Å². The Balaban J connectivity index is 0.00000225. The van der Waals surface area contributed by atoms with Crippen LogP contribution in [0.25, 0.3) is 11.1 Å². The summed E-state index contributed by atoms with van der Waals surface area (Å²) in [6.45, 7) is 1.93. The van der Waals surface area contributed by atoms with E-state index in [-0.39, 0.29) is 18.3 Å². The predicted molar refractivity (Wildman–Crippen MR) is 92.5 cm³/mol.